The van der Waals surface area contributed by atoms with Gasteiger partial charge in [0.2, 0.25) is 0 Å². The number of aliphatic hydroxyl groups excluding tert-OH is 1. The van der Waals surface area contributed by atoms with Gasteiger partial charge in [-0.3, -0.25) is 0 Å². The molecule has 0 spiro atoms. The fourth-order valence-corrected chi connectivity index (χ4v) is 4.59. The van der Waals surface area contributed by atoms with E-state index in [1.807, 2.05) is 7.05 Å². The first-order valence-electron chi connectivity index (χ1n) is 6.79. The Balaban J connectivity index is 2.16. The van der Waals surface area contributed by atoms with Crippen molar-refractivity contribution in [2.24, 2.45) is 0 Å². The lowest BCUT2D eigenvalue weighted by Gasteiger charge is -2.20. The minimum atomic E-state index is 0.133. The zero-order chi connectivity index (χ0) is 12.1. The van der Waals surface area contributed by atoms with E-state index >= 15 is 0 Å². The molecule has 1 saturated carbocycles. The van der Waals surface area contributed by atoms with E-state index in [2.05, 4.69) is 16.2 Å². The molecule has 1 unspecified atom stereocenters. The molecule has 0 aliphatic heterocycles. The van der Waals surface area contributed by atoms with E-state index < -0.39 is 0 Å². The van der Waals surface area contributed by atoms with Crippen molar-refractivity contribution in [3.8, 4) is 0 Å². The number of aliphatic hydroxyl groups is 1. The molecule has 2 N–H and O–H groups in total. The molecule has 1 aromatic rings. The fraction of sp³-hybridized carbons (Fsp3) is 0.714. The zero-order valence-electron chi connectivity index (χ0n) is 10.7. The van der Waals surface area contributed by atoms with Gasteiger partial charge in [-0.15, -0.1) is 4.72 Å². The minimum Gasteiger partial charge on any atom is -0.396 e. The smallest absolute Gasteiger partial charge is 0.175 e. The molecule has 0 amide bonds. The monoisotopic (exact) mass is 254 g/mol. The summed E-state index contributed by atoms with van der Waals surface area (Å²) in [6.45, 7) is 0.308. The second kappa shape index (κ2) is 6.53. The van der Waals surface area contributed by atoms with Crippen LogP contribution in [0.1, 0.15) is 54.9 Å². The van der Waals surface area contributed by atoms with Gasteiger partial charge in [-0.05, 0) is 25.2 Å². The molecule has 0 saturated heterocycles. The van der Waals surface area contributed by atoms with Crippen LogP contribution >= 0.6 is 10.7 Å². The standard InChI is InChI=1S/C14H24NOS/c1-15-17-11-9-13(14(17)8-5-10-16)12-6-3-2-4-7-12/h9,11-12,15-16H,2-8,10H2,1H3/q+1. The first-order chi connectivity index (χ1) is 8.36. The van der Waals surface area contributed by atoms with Gasteiger partial charge in [0.05, 0.1) is 10.7 Å². The van der Waals surface area contributed by atoms with Gasteiger partial charge in [-0.2, -0.15) is 0 Å². The molecule has 1 heterocycles. The molecule has 96 valence electrons. The van der Waals surface area contributed by atoms with E-state index in [1.165, 1.54) is 32.1 Å². The summed E-state index contributed by atoms with van der Waals surface area (Å²) in [6, 6.07) is 2.35. The molecule has 0 aromatic carbocycles. The Morgan fingerprint density at radius 3 is 2.76 bits per heavy atom. The maximum absolute atomic E-state index is 9.02. The molecule has 2 rings (SSSR count). The van der Waals surface area contributed by atoms with Crippen LogP contribution in [0.15, 0.2) is 11.4 Å². The predicted molar refractivity (Wildman–Crippen MR) is 75.4 cm³/mol. The van der Waals surface area contributed by atoms with Crippen LogP contribution in [0.5, 0.6) is 0 Å². The van der Waals surface area contributed by atoms with E-state index in [-0.39, 0.29) is 10.7 Å². The Bertz CT molecular complexity index is 342. The van der Waals surface area contributed by atoms with Crippen molar-refractivity contribution < 1.29 is 5.11 Å². The highest BCUT2D eigenvalue weighted by molar-refractivity contribution is 7.31. The van der Waals surface area contributed by atoms with Crippen LogP contribution in [0.3, 0.4) is 0 Å². The highest BCUT2D eigenvalue weighted by Crippen LogP contribution is 2.39. The molecule has 1 fully saturated rings. The van der Waals surface area contributed by atoms with Crippen molar-refractivity contribution in [2.45, 2.75) is 50.9 Å². The van der Waals surface area contributed by atoms with Crippen LogP contribution in [0, 0.1) is 0 Å². The zero-order valence-corrected chi connectivity index (χ0v) is 11.6. The van der Waals surface area contributed by atoms with E-state index in [4.69, 9.17) is 5.11 Å². The highest BCUT2D eigenvalue weighted by Gasteiger charge is 2.26. The van der Waals surface area contributed by atoms with Crippen LogP contribution in [0.2, 0.25) is 0 Å². The lowest BCUT2D eigenvalue weighted by Crippen LogP contribution is -2.06. The SMILES string of the molecule is CN[s+]1ccc(C2CCCCC2)c1CCCO. The summed E-state index contributed by atoms with van der Waals surface area (Å²) in [7, 11) is 2.17. The van der Waals surface area contributed by atoms with Crippen LogP contribution in [-0.4, -0.2) is 18.8 Å². The van der Waals surface area contributed by atoms with Crippen molar-refractivity contribution in [1.82, 2.24) is 0 Å². The average Bonchev–Trinajstić information content (AvgIpc) is 2.80. The number of thiophene rings is 1. The molecule has 3 heteroatoms. The number of hydrogen-bond acceptors (Lipinski definition) is 2. The Kier molecular flexibility index (Phi) is 5.01. The van der Waals surface area contributed by atoms with Gasteiger partial charge in [0.1, 0.15) is 0 Å². The second-order valence-corrected chi connectivity index (χ2v) is 6.73. The third-order valence-corrected chi connectivity index (χ3v) is 5.62. The normalized spacial score (nSPS) is 18.6. The largest absolute Gasteiger partial charge is 0.396 e. The van der Waals surface area contributed by atoms with Crippen molar-refractivity contribution >= 4 is 10.7 Å². The maximum atomic E-state index is 9.02. The maximum Gasteiger partial charge on any atom is 0.175 e. The third-order valence-electron chi connectivity index (χ3n) is 3.80. The van der Waals surface area contributed by atoms with Crippen LogP contribution in [-0.2, 0) is 6.42 Å². The number of rotatable bonds is 5. The Hall–Kier alpha value is -0.380. The van der Waals surface area contributed by atoms with E-state index in [0.717, 1.165) is 18.8 Å². The van der Waals surface area contributed by atoms with Gasteiger partial charge in [0, 0.05) is 31.7 Å². The molecule has 0 radical (unpaired) electrons. The van der Waals surface area contributed by atoms with Gasteiger partial charge in [0.25, 0.3) is 0 Å². The van der Waals surface area contributed by atoms with Gasteiger partial charge < -0.3 is 5.11 Å². The summed E-state index contributed by atoms with van der Waals surface area (Å²) in [6.07, 6.45) is 8.88. The quantitative estimate of drug-likeness (QED) is 0.787. The molecular formula is C14H24NOS+. The number of hydrogen-bond donors (Lipinski definition) is 2. The molecule has 1 aliphatic rings. The van der Waals surface area contributed by atoms with Crippen LogP contribution < -0.4 is 4.72 Å². The first kappa shape index (κ1) is 13.1. The Morgan fingerprint density at radius 2 is 2.12 bits per heavy atom. The summed E-state index contributed by atoms with van der Waals surface area (Å²) in [4.78, 5) is 1.56. The topological polar surface area (TPSA) is 32.3 Å². The lowest BCUT2D eigenvalue weighted by molar-refractivity contribution is 0.288. The summed E-state index contributed by atoms with van der Waals surface area (Å²) >= 11 is 0. The molecule has 17 heavy (non-hydrogen) atoms. The molecule has 0 bridgehead atoms. The van der Waals surface area contributed by atoms with Crippen molar-refractivity contribution in [3.63, 3.8) is 0 Å². The number of nitrogens with one attached hydrogen (secondary N) is 1. The van der Waals surface area contributed by atoms with Crippen LogP contribution in [0.4, 0.5) is 0 Å². The van der Waals surface area contributed by atoms with Gasteiger partial charge in [-0.1, -0.05) is 19.3 Å². The molecular weight excluding hydrogens is 230 g/mol. The van der Waals surface area contributed by atoms with Gasteiger partial charge in [0.15, 0.2) is 10.3 Å². The van der Waals surface area contributed by atoms with Crippen molar-refractivity contribution in [3.05, 3.63) is 21.9 Å². The summed E-state index contributed by atoms with van der Waals surface area (Å²) < 4.78 is 3.39. The Morgan fingerprint density at radius 1 is 1.35 bits per heavy atom. The summed E-state index contributed by atoms with van der Waals surface area (Å²) in [5.41, 5.74) is 1.59. The van der Waals surface area contributed by atoms with E-state index in [9.17, 15) is 0 Å². The summed E-state index contributed by atoms with van der Waals surface area (Å²) in [5.74, 6) is 0.791. The minimum absolute atomic E-state index is 0.133. The summed E-state index contributed by atoms with van der Waals surface area (Å²) in [5, 5.41) is 11.3. The first-order valence-corrected chi connectivity index (χ1v) is 8.08. The van der Waals surface area contributed by atoms with Gasteiger partial charge in [-0.25, -0.2) is 0 Å². The molecule has 1 atom stereocenters. The lowest BCUT2D eigenvalue weighted by atomic mass is 9.84. The molecule has 2 nitrogen and oxygen atoms in total. The molecule has 1 aliphatic carbocycles. The molecule has 1 aromatic heterocycles. The highest BCUT2D eigenvalue weighted by atomic mass is 32.2. The predicted octanol–water partition coefficient (Wildman–Crippen LogP) is 3.58. The second-order valence-electron chi connectivity index (χ2n) is 4.89. The average molecular weight is 254 g/mol. The third kappa shape index (κ3) is 3.09. The van der Waals surface area contributed by atoms with E-state index in [1.54, 1.807) is 10.4 Å². The van der Waals surface area contributed by atoms with E-state index in [0.29, 0.717) is 6.61 Å². The van der Waals surface area contributed by atoms with Gasteiger partial charge >= 0.3 is 0 Å². The van der Waals surface area contributed by atoms with Crippen molar-refractivity contribution in [2.75, 3.05) is 18.4 Å². The van der Waals surface area contributed by atoms with Crippen LogP contribution in [0.25, 0.3) is 0 Å². The Labute approximate surface area is 107 Å². The fourth-order valence-electron chi connectivity index (χ4n) is 2.91. The van der Waals surface area contributed by atoms with Crippen molar-refractivity contribution in [1.29, 1.82) is 0 Å².